The molecular weight excluding hydrogens is 344 g/mol. The third-order valence-corrected chi connectivity index (χ3v) is 7.05. The Labute approximate surface area is 146 Å². The first-order valence-electron chi connectivity index (χ1n) is 7.89. The number of benzene rings is 1. The number of piperidine rings is 1. The summed E-state index contributed by atoms with van der Waals surface area (Å²) in [5, 5.41) is 3.01. The van der Waals surface area contributed by atoms with E-state index in [0.717, 1.165) is 4.88 Å². The Morgan fingerprint density at radius 1 is 1.12 bits per heavy atom. The number of hydrogen-bond donors (Lipinski definition) is 1. The van der Waals surface area contributed by atoms with Crippen LogP contribution in [0.4, 0.5) is 0 Å². The average Bonchev–Trinajstić information content (AvgIpc) is 3.03. The summed E-state index contributed by atoms with van der Waals surface area (Å²) in [7, 11) is -3.44. The van der Waals surface area contributed by atoms with Crippen LogP contribution in [0.25, 0.3) is 0 Å². The Bertz CT molecular complexity index is 807. The summed E-state index contributed by atoms with van der Waals surface area (Å²) in [4.78, 5) is 14.3. The molecule has 0 unspecified atom stereocenters. The van der Waals surface area contributed by atoms with Gasteiger partial charge in [-0.3, -0.25) is 4.79 Å². The minimum absolute atomic E-state index is 0.0159. The van der Waals surface area contributed by atoms with Crippen molar-refractivity contribution in [1.82, 2.24) is 9.62 Å². The summed E-state index contributed by atoms with van der Waals surface area (Å²) < 4.78 is 26.7. The maximum Gasteiger partial charge on any atom is 0.261 e. The number of carbonyl (C=O) groups is 1. The topological polar surface area (TPSA) is 66.5 Å². The van der Waals surface area contributed by atoms with Crippen molar-refractivity contribution in [3.05, 3.63) is 52.2 Å². The fourth-order valence-corrected chi connectivity index (χ4v) is 5.06. The van der Waals surface area contributed by atoms with Crippen LogP contribution in [0.3, 0.4) is 0 Å². The van der Waals surface area contributed by atoms with Gasteiger partial charge in [-0.15, -0.1) is 11.3 Å². The second-order valence-corrected chi connectivity index (χ2v) is 9.10. The van der Waals surface area contributed by atoms with Gasteiger partial charge < -0.3 is 5.32 Å². The number of nitrogens with one attached hydrogen (secondary N) is 1. The molecule has 7 heteroatoms. The Balaban J connectivity index is 1.59. The number of hydrogen-bond acceptors (Lipinski definition) is 4. The van der Waals surface area contributed by atoms with Crippen LogP contribution in [0.5, 0.6) is 0 Å². The molecule has 1 aromatic heterocycles. The number of amides is 1. The highest BCUT2D eigenvalue weighted by Crippen LogP contribution is 2.21. The van der Waals surface area contributed by atoms with E-state index in [1.54, 1.807) is 30.3 Å². The lowest BCUT2D eigenvalue weighted by atomic mass is 10.1. The molecule has 2 heterocycles. The van der Waals surface area contributed by atoms with E-state index >= 15 is 0 Å². The summed E-state index contributed by atoms with van der Waals surface area (Å²) in [6.45, 7) is 2.81. The zero-order valence-electron chi connectivity index (χ0n) is 13.4. The van der Waals surface area contributed by atoms with Crippen molar-refractivity contribution in [3.63, 3.8) is 0 Å². The Kier molecular flexibility index (Phi) is 5.03. The molecule has 5 nitrogen and oxygen atoms in total. The van der Waals surface area contributed by atoms with E-state index in [9.17, 15) is 13.2 Å². The lowest BCUT2D eigenvalue weighted by Crippen LogP contribution is -2.46. The monoisotopic (exact) mass is 364 g/mol. The quantitative estimate of drug-likeness (QED) is 0.907. The fraction of sp³-hybridized carbons (Fsp3) is 0.353. The molecule has 0 atom stereocenters. The summed E-state index contributed by atoms with van der Waals surface area (Å²) >= 11 is 1.47. The minimum Gasteiger partial charge on any atom is -0.349 e. The molecule has 1 amide bonds. The van der Waals surface area contributed by atoms with Gasteiger partial charge in [-0.25, -0.2) is 8.42 Å². The molecular formula is C17H20N2O3S2. The van der Waals surface area contributed by atoms with Gasteiger partial charge >= 0.3 is 0 Å². The lowest BCUT2D eigenvalue weighted by molar-refractivity contribution is 0.0928. The predicted molar refractivity (Wildman–Crippen MR) is 94.7 cm³/mol. The van der Waals surface area contributed by atoms with Gasteiger partial charge in [0.15, 0.2) is 0 Å². The van der Waals surface area contributed by atoms with E-state index in [4.69, 9.17) is 0 Å². The first kappa shape index (κ1) is 17.1. The molecule has 1 N–H and O–H groups in total. The summed E-state index contributed by atoms with van der Waals surface area (Å²) in [6.07, 6.45) is 1.25. The number of rotatable bonds is 4. The van der Waals surface area contributed by atoms with Crippen LogP contribution < -0.4 is 5.32 Å². The SMILES string of the molecule is Cc1ccc(C(=O)NC2CCN(S(=O)(=O)c3ccccc3)CC2)s1. The van der Waals surface area contributed by atoms with Crippen molar-refractivity contribution in [2.45, 2.75) is 30.7 Å². The van der Waals surface area contributed by atoms with E-state index in [-0.39, 0.29) is 11.9 Å². The number of nitrogens with zero attached hydrogens (tertiary/aromatic N) is 1. The molecule has 128 valence electrons. The highest BCUT2D eigenvalue weighted by molar-refractivity contribution is 7.89. The third-order valence-electron chi connectivity index (χ3n) is 4.13. The van der Waals surface area contributed by atoms with Crippen molar-refractivity contribution in [2.24, 2.45) is 0 Å². The van der Waals surface area contributed by atoms with Crippen LogP contribution >= 0.6 is 11.3 Å². The van der Waals surface area contributed by atoms with Gasteiger partial charge in [-0.2, -0.15) is 4.31 Å². The summed E-state index contributed by atoms with van der Waals surface area (Å²) in [6, 6.07) is 12.2. The number of sulfonamides is 1. The van der Waals surface area contributed by atoms with Crippen LogP contribution in [0.15, 0.2) is 47.4 Å². The van der Waals surface area contributed by atoms with E-state index in [1.807, 2.05) is 19.1 Å². The second kappa shape index (κ2) is 7.04. The van der Waals surface area contributed by atoms with Crippen LogP contribution in [0.2, 0.25) is 0 Å². The first-order chi connectivity index (χ1) is 11.5. The van der Waals surface area contributed by atoms with Gasteiger partial charge in [0.25, 0.3) is 5.91 Å². The zero-order chi connectivity index (χ0) is 17.2. The van der Waals surface area contributed by atoms with E-state index in [2.05, 4.69) is 5.32 Å². The molecule has 2 aromatic rings. The van der Waals surface area contributed by atoms with Crippen molar-refractivity contribution in [3.8, 4) is 0 Å². The van der Waals surface area contributed by atoms with Crippen LogP contribution in [-0.2, 0) is 10.0 Å². The largest absolute Gasteiger partial charge is 0.349 e. The Hall–Kier alpha value is -1.70. The fourth-order valence-electron chi connectivity index (χ4n) is 2.80. The van der Waals surface area contributed by atoms with E-state index in [0.29, 0.717) is 35.7 Å². The molecule has 1 fully saturated rings. The lowest BCUT2D eigenvalue weighted by Gasteiger charge is -2.31. The van der Waals surface area contributed by atoms with Crippen molar-refractivity contribution in [1.29, 1.82) is 0 Å². The standard InChI is InChI=1S/C17H20N2O3S2/c1-13-7-8-16(23-13)17(20)18-14-9-11-19(12-10-14)24(21,22)15-5-3-2-4-6-15/h2-8,14H,9-12H2,1H3,(H,18,20). The Morgan fingerprint density at radius 2 is 1.79 bits per heavy atom. The van der Waals surface area contributed by atoms with Crippen molar-refractivity contribution >= 4 is 27.3 Å². The average molecular weight is 364 g/mol. The normalized spacial score (nSPS) is 16.9. The molecule has 0 saturated carbocycles. The van der Waals surface area contributed by atoms with Gasteiger partial charge in [0, 0.05) is 24.0 Å². The number of aryl methyl sites for hydroxylation is 1. The smallest absolute Gasteiger partial charge is 0.261 e. The molecule has 3 rings (SSSR count). The molecule has 24 heavy (non-hydrogen) atoms. The van der Waals surface area contributed by atoms with Gasteiger partial charge in [0.1, 0.15) is 0 Å². The highest BCUT2D eigenvalue weighted by atomic mass is 32.2. The van der Waals surface area contributed by atoms with Crippen molar-refractivity contribution in [2.75, 3.05) is 13.1 Å². The minimum atomic E-state index is -3.44. The highest BCUT2D eigenvalue weighted by Gasteiger charge is 2.30. The maximum absolute atomic E-state index is 12.6. The predicted octanol–water partition coefficient (Wildman–Crippen LogP) is 2.64. The Morgan fingerprint density at radius 3 is 2.38 bits per heavy atom. The molecule has 0 spiro atoms. The molecule has 0 radical (unpaired) electrons. The van der Waals surface area contributed by atoms with Gasteiger partial charge in [-0.05, 0) is 44.0 Å². The second-order valence-electron chi connectivity index (χ2n) is 5.88. The zero-order valence-corrected chi connectivity index (χ0v) is 15.1. The molecule has 1 saturated heterocycles. The maximum atomic E-state index is 12.6. The van der Waals surface area contributed by atoms with Crippen LogP contribution in [0, 0.1) is 6.92 Å². The third kappa shape index (κ3) is 3.68. The molecule has 0 bridgehead atoms. The molecule has 1 aliphatic rings. The summed E-state index contributed by atoms with van der Waals surface area (Å²) in [5.41, 5.74) is 0. The first-order valence-corrected chi connectivity index (χ1v) is 10.1. The van der Waals surface area contributed by atoms with Crippen molar-refractivity contribution < 1.29 is 13.2 Å². The number of carbonyl (C=O) groups excluding carboxylic acids is 1. The van der Waals surface area contributed by atoms with Crippen LogP contribution in [0.1, 0.15) is 27.4 Å². The van der Waals surface area contributed by atoms with Gasteiger partial charge in [-0.1, -0.05) is 18.2 Å². The number of thiophene rings is 1. The molecule has 0 aliphatic carbocycles. The summed E-state index contributed by atoms with van der Waals surface area (Å²) in [5.74, 6) is -0.0718. The molecule has 1 aliphatic heterocycles. The van der Waals surface area contributed by atoms with Crippen LogP contribution in [-0.4, -0.2) is 37.8 Å². The van der Waals surface area contributed by atoms with E-state index in [1.165, 1.54) is 15.6 Å². The van der Waals surface area contributed by atoms with Gasteiger partial charge in [0.05, 0.1) is 9.77 Å². The molecule has 1 aromatic carbocycles. The van der Waals surface area contributed by atoms with Gasteiger partial charge in [0.2, 0.25) is 10.0 Å². The van der Waals surface area contributed by atoms with E-state index < -0.39 is 10.0 Å².